The molecular formula is C13H21N3O2. The highest BCUT2D eigenvalue weighted by Gasteiger charge is 2.15. The molecule has 0 amide bonds. The van der Waals surface area contributed by atoms with Crippen molar-refractivity contribution in [2.75, 3.05) is 5.32 Å². The minimum atomic E-state index is -1.03. The zero-order valence-corrected chi connectivity index (χ0v) is 11.4. The van der Waals surface area contributed by atoms with Gasteiger partial charge in [-0.3, -0.25) is 0 Å². The van der Waals surface area contributed by atoms with Crippen molar-refractivity contribution in [3.8, 4) is 0 Å². The average molecular weight is 251 g/mol. The van der Waals surface area contributed by atoms with Gasteiger partial charge in [-0.15, -0.1) is 0 Å². The highest BCUT2D eigenvalue weighted by Crippen LogP contribution is 2.16. The molecule has 0 aromatic carbocycles. The summed E-state index contributed by atoms with van der Waals surface area (Å²) in [5.41, 5.74) is 0.684. The molecule has 0 aliphatic carbocycles. The van der Waals surface area contributed by atoms with E-state index in [1.54, 1.807) is 6.92 Å². The SMILES string of the molecule is CCC(CC)C(C)Nc1nc(C)cc(C(=O)O)n1. The second-order valence-electron chi connectivity index (χ2n) is 4.53. The van der Waals surface area contributed by atoms with Gasteiger partial charge in [0.05, 0.1) is 0 Å². The van der Waals surface area contributed by atoms with E-state index in [0.717, 1.165) is 12.8 Å². The van der Waals surface area contributed by atoms with Crippen molar-refractivity contribution in [3.05, 3.63) is 17.5 Å². The van der Waals surface area contributed by atoms with Gasteiger partial charge < -0.3 is 10.4 Å². The lowest BCUT2D eigenvalue weighted by Crippen LogP contribution is -2.26. The van der Waals surface area contributed by atoms with Crippen molar-refractivity contribution in [2.24, 2.45) is 5.92 Å². The number of nitrogens with one attached hydrogen (secondary N) is 1. The van der Waals surface area contributed by atoms with Crippen LogP contribution in [0.25, 0.3) is 0 Å². The smallest absolute Gasteiger partial charge is 0.354 e. The monoisotopic (exact) mass is 251 g/mol. The van der Waals surface area contributed by atoms with E-state index >= 15 is 0 Å². The average Bonchev–Trinajstić information content (AvgIpc) is 2.29. The van der Waals surface area contributed by atoms with Gasteiger partial charge in [-0.1, -0.05) is 26.7 Å². The number of aromatic nitrogens is 2. The molecule has 18 heavy (non-hydrogen) atoms. The predicted octanol–water partition coefficient (Wildman–Crippen LogP) is 2.72. The molecule has 1 aromatic heterocycles. The largest absolute Gasteiger partial charge is 0.477 e. The van der Waals surface area contributed by atoms with Crippen LogP contribution in [0, 0.1) is 12.8 Å². The topological polar surface area (TPSA) is 75.1 Å². The third kappa shape index (κ3) is 3.68. The number of aryl methyl sites for hydroxylation is 1. The summed E-state index contributed by atoms with van der Waals surface area (Å²) in [7, 11) is 0. The predicted molar refractivity (Wildman–Crippen MR) is 70.9 cm³/mol. The molecule has 5 nitrogen and oxygen atoms in total. The Bertz CT molecular complexity index is 417. The lowest BCUT2D eigenvalue weighted by Gasteiger charge is -2.22. The third-order valence-corrected chi connectivity index (χ3v) is 3.19. The molecule has 1 atom stereocenters. The van der Waals surface area contributed by atoms with Crippen molar-refractivity contribution in [2.45, 2.75) is 46.6 Å². The highest BCUT2D eigenvalue weighted by atomic mass is 16.4. The van der Waals surface area contributed by atoms with Gasteiger partial charge in [-0.25, -0.2) is 14.8 Å². The summed E-state index contributed by atoms with van der Waals surface area (Å²) in [6, 6.07) is 1.69. The molecule has 0 aliphatic heterocycles. The maximum absolute atomic E-state index is 10.9. The molecule has 0 saturated heterocycles. The van der Waals surface area contributed by atoms with Gasteiger partial charge in [0.2, 0.25) is 5.95 Å². The number of carbonyl (C=O) groups is 1. The van der Waals surface area contributed by atoms with E-state index in [9.17, 15) is 4.79 Å². The fourth-order valence-electron chi connectivity index (χ4n) is 2.06. The highest BCUT2D eigenvalue weighted by molar-refractivity contribution is 5.85. The number of carboxylic acid groups (broad SMARTS) is 1. The van der Waals surface area contributed by atoms with Crippen LogP contribution < -0.4 is 5.32 Å². The summed E-state index contributed by atoms with van der Waals surface area (Å²) in [4.78, 5) is 19.1. The maximum atomic E-state index is 10.9. The molecule has 100 valence electrons. The Hall–Kier alpha value is -1.65. The molecule has 1 heterocycles. The van der Waals surface area contributed by atoms with E-state index in [0.29, 0.717) is 17.6 Å². The van der Waals surface area contributed by atoms with Crippen LogP contribution >= 0.6 is 0 Å². The molecule has 0 bridgehead atoms. The number of nitrogens with zero attached hydrogens (tertiary/aromatic N) is 2. The summed E-state index contributed by atoms with van der Waals surface area (Å²) >= 11 is 0. The number of anilines is 1. The molecule has 5 heteroatoms. The van der Waals surface area contributed by atoms with E-state index in [-0.39, 0.29) is 11.7 Å². The van der Waals surface area contributed by atoms with Gasteiger partial charge >= 0.3 is 5.97 Å². The minimum Gasteiger partial charge on any atom is -0.477 e. The van der Waals surface area contributed by atoms with E-state index in [4.69, 9.17) is 5.11 Å². The van der Waals surface area contributed by atoms with Crippen molar-refractivity contribution in [3.63, 3.8) is 0 Å². The molecule has 1 aromatic rings. The number of aromatic carboxylic acids is 1. The molecular weight excluding hydrogens is 230 g/mol. The van der Waals surface area contributed by atoms with Crippen LogP contribution in [-0.4, -0.2) is 27.1 Å². The van der Waals surface area contributed by atoms with Gasteiger partial charge in [-0.2, -0.15) is 0 Å². The summed E-state index contributed by atoms with van der Waals surface area (Å²) in [5.74, 6) is -0.104. The Morgan fingerprint density at radius 1 is 1.39 bits per heavy atom. The van der Waals surface area contributed by atoms with Gasteiger partial charge in [0.1, 0.15) is 0 Å². The zero-order valence-electron chi connectivity index (χ0n) is 11.4. The van der Waals surface area contributed by atoms with E-state index in [1.807, 2.05) is 0 Å². The summed E-state index contributed by atoms with van der Waals surface area (Å²) < 4.78 is 0. The Morgan fingerprint density at radius 2 is 2.00 bits per heavy atom. The quantitative estimate of drug-likeness (QED) is 0.813. The molecule has 0 spiro atoms. The second kappa shape index (κ2) is 6.33. The summed E-state index contributed by atoms with van der Waals surface area (Å²) in [6.45, 7) is 8.13. The van der Waals surface area contributed by atoms with Crippen LogP contribution in [-0.2, 0) is 0 Å². The first-order valence-corrected chi connectivity index (χ1v) is 6.33. The summed E-state index contributed by atoms with van der Waals surface area (Å²) in [5, 5.41) is 12.1. The Kier molecular flexibility index (Phi) is 5.07. The van der Waals surface area contributed by atoms with E-state index < -0.39 is 5.97 Å². The van der Waals surface area contributed by atoms with Gasteiger partial charge in [0.15, 0.2) is 5.69 Å². The fourth-order valence-corrected chi connectivity index (χ4v) is 2.06. The van der Waals surface area contributed by atoms with Crippen molar-refractivity contribution < 1.29 is 9.90 Å². The van der Waals surface area contributed by atoms with Crippen molar-refractivity contribution in [1.29, 1.82) is 0 Å². The normalized spacial score (nSPS) is 12.5. The Balaban J connectivity index is 2.87. The van der Waals surface area contributed by atoms with Crippen LogP contribution in [0.4, 0.5) is 5.95 Å². The first-order chi connectivity index (χ1) is 8.47. The first-order valence-electron chi connectivity index (χ1n) is 6.33. The van der Waals surface area contributed by atoms with Crippen molar-refractivity contribution >= 4 is 11.9 Å². The number of hydrogen-bond acceptors (Lipinski definition) is 4. The van der Waals surface area contributed by atoms with Gasteiger partial charge in [-0.05, 0) is 25.8 Å². The van der Waals surface area contributed by atoms with Crippen molar-refractivity contribution in [1.82, 2.24) is 9.97 Å². The third-order valence-electron chi connectivity index (χ3n) is 3.19. The number of carboxylic acids is 1. The molecule has 0 aliphatic rings. The first kappa shape index (κ1) is 14.4. The second-order valence-corrected chi connectivity index (χ2v) is 4.53. The van der Waals surface area contributed by atoms with Crippen LogP contribution in [0.2, 0.25) is 0 Å². The number of hydrogen-bond donors (Lipinski definition) is 2. The molecule has 0 fully saturated rings. The molecule has 0 saturated carbocycles. The Morgan fingerprint density at radius 3 is 2.50 bits per heavy atom. The van der Waals surface area contributed by atoms with Crippen LogP contribution in [0.3, 0.4) is 0 Å². The molecule has 2 N–H and O–H groups in total. The lowest BCUT2D eigenvalue weighted by atomic mass is 9.96. The fraction of sp³-hybridized carbons (Fsp3) is 0.615. The van der Waals surface area contributed by atoms with Crippen LogP contribution in [0.15, 0.2) is 6.07 Å². The summed E-state index contributed by atoms with van der Waals surface area (Å²) in [6.07, 6.45) is 2.14. The lowest BCUT2D eigenvalue weighted by molar-refractivity contribution is 0.0690. The maximum Gasteiger partial charge on any atom is 0.354 e. The zero-order chi connectivity index (χ0) is 13.7. The Labute approximate surface area is 108 Å². The molecule has 1 rings (SSSR count). The van der Waals surface area contributed by atoms with Gasteiger partial charge in [0, 0.05) is 11.7 Å². The van der Waals surface area contributed by atoms with E-state index in [1.165, 1.54) is 6.07 Å². The molecule has 0 radical (unpaired) electrons. The number of rotatable bonds is 6. The van der Waals surface area contributed by atoms with Crippen LogP contribution in [0.1, 0.15) is 49.8 Å². The molecule has 1 unspecified atom stereocenters. The van der Waals surface area contributed by atoms with E-state index in [2.05, 4.69) is 36.1 Å². The standard InChI is InChI=1S/C13H21N3O2/c1-5-10(6-2)9(4)15-13-14-8(3)7-11(16-13)12(17)18/h7,9-10H,5-6H2,1-4H3,(H,17,18)(H,14,15,16). The van der Waals surface area contributed by atoms with Crippen LogP contribution in [0.5, 0.6) is 0 Å². The van der Waals surface area contributed by atoms with Gasteiger partial charge in [0.25, 0.3) is 0 Å². The minimum absolute atomic E-state index is 0.0294.